The Bertz CT molecular complexity index is 579. The van der Waals surface area contributed by atoms with Gasteiger partial charge in [-0.15, -0.1) is 11.3 Å². The average Bonchev–Trinajstić information content (AvgIpc) is 2.70. The van der Waals surface area contributed by atoms with Gasteiger partial charge < -0.3 is 9.47 Å². The third-order valence-corrected chi connectivity index (χ3v) is 2.87. The zero-order valence-electron chi connectivity index (χ0n) is 8.12. The van der Waals surface area contributed by atoms with Crippen LogP contribution in [-0.2, 0) is 6.18 Å². The number of halogens is 3. The monoisotopic (exact) mass is 259 g/mol. The third-order valence-electron chi connectivity index (χ3n) is 2.17. The molecule has 0 spiro atoms. The lowest BCUT2D eigenvalue weighted by Gasteiger charge is -2.17. The highest BCUT2D eigenvalue weighted by molar-refractivity contribution is 7.08. The van der Waals surface area contributed by atoms with E-state index in [2.05, 4.69) is 4.98 Å². The summed E-state index contributed by atoms with van der Waals surface area (Å²) in [6.07, 6.45) is -3.72. The van der Waals surface area contributed by atoms with Gasteiger partial charge in [-0.1, -0.05) is 0 Å². The summed E-state index contributed by atoms with van der Waals surface area (Å²) in [5, 5.41) is 3.34. The topological polar surface area (TPSA) is 31.4 Å². The summed E-state index contributed by atoms with van der Waals surface area (Å²) in [7, 11) is 0. The molecule has 3 rings (SSSR count). The molecular weight excluding hydrogens is 255 g/mol. The quantitative estimate of drug-likeness (QED) is 0.610. The van der Waals surface area contributed by atoms with Gasteiger partial charge in [0.2, 0.25) is 0 Å². The van der Waals surface area contributed by atoms with Gasteiger partial charge in [-0.25, -0.2) is 4.98 Å². The Kier molecular flexibility index (Phi) is 2.06. The molecule has 2 aromatic heterocycles. The van der Waals surface area contributed by atoms with Crippen LogP contribution in [-0.4, -0.2) is 4.98 Å². The van der Waals surface area contributed by atoms with Crippen molar-refractivity contribution in [3.8, 4) is 23.1 Å². The van der Waals surface area contributed by atoms with Crippen molar-refractivity contribution in [3.05, 3.63) is 28.6 Å². The van der Waals surface area contributed by atoms with Gasteiger partial charge in [0.1, 0.15) is 0 Å². The Morgan fingerprint density at radius 1 is 1.06 bits per heavy atom. The van der Waals surface area contributed by atoms with Gasteiger partial charge in [0.05, 0.1) is 5.56 Å². The number of hydrogen-bond donors (Lipinski definition) is 0. The predicted molar refractivity (Wildman–Crippen MR) is 53.7 cm³/mol. The van der Waals surface area contributed by atoms with Gasteiger partial charge >= 0.3 is 6.18 Å². The largest absolute Gasteiger partial charge is 0.447 e. The molecule has 2 aromatic rings. The number of hydrogen-bond acceptors (Lipinski definition) is 4. The molecule has 0 bridgehead atoms. The van der Waals surface area contributed by atoms with Crippen LogP contribution in [0.4, 0.5) is 13.2 Å². The van der Waals surface area contributed by atoms with Crippen molar-refractivity contribution < 1.29 is 22.6 Å². The zero-order valence-corrected chi connectivity index (χ0v) is 8.93. The molecule has 88 valence electrons. The molecule has 17 heavy (non-hydrogen) atoms. The summed E-state index contributed by atoms with van der Waals surface area (Å²) in [6.45, 7) is 0. The van der Waals surface area contributed by atoms with E-state index < -0.39 is 11.7 Å². The molecule has 1 aliphatic rings. The van der Waals surface area contributed by atoms with Gasteiger partial charge in [0.15, 0.2) is 17.2 Å². The molecule has 0 saturated carbocycles. The average molecular weight is 259 g/mol. The first-order valence-electron chi connectivity index (χ1n) is 4.53. The van der Waals surface area contributed by atoms with E-state index >= 15 is 0 Å². The SMILES string of the molecule is FC(F)(F)c1cnc2c(c1)Oc1cscc1O2. The number of alkyl halides is 3. The minimum absolute atomic E-state index is 0.0225. The Balaban J connectivity index is 2.04. The van der Waals surface area contributed by atoms with Crippen molar-refractivity contribution in [1.29, 1.82) is 0 Å². The first-order chi connectivity index (χ1) is 8.04. The van der Waals surface area contributed by atoms with Crippen LogP contribution < -0.4 is 9.47 Å². The molecule has 0 aromatic carbocycles. The maximum absolute atomic E-state index is 12.5. The normalized spacial score (nSPS) is 13.4. The smallest absolute Gasteiger partial charge is 0.418 e. The number of aromatic nitrogens is 1. The van der Waals surface area contributed by atoms with E-state index in [1.54, 1.807) is 10.8 Å². The second kappa shape index (κ2) is 3.36. The van der Waals surface area contributed by atoms with Crippen LogP contribution in [0.15, 0.2) is 23.0 Å². The molecule has 0 radical (unpaired) electrons. The number of rotatable bonds is 0. The van der Waals surface area contributed by atoms with Crippen molar-refractivity contribution in [3.63, 3.8) is 0 Å². The highest BCUT2D eigenvalue weighted by Gasteiger charge is 2.33. The van der Waals surface area contributed by atoms with E-state index in [4.69, 9.17) is 9.47 Å². The van der Waals surface area contributed by atoms with Gasteiger partial charge in [0.25, 0.3) is 5.88 Å². The molecule has 3 heterocycles. The second-order valence-corrected chi connectivity index (χ2v) is 4.07. The lowest BCUT2D eigenvalue weighted by molar-refractivity contribution is -0.137. The van der Waals surface area contributed by atoms with E-state index in [0.29, 0.717) is 11.5 Å². The van der Waals surface area contributed by atoms with Crippen LogP contribution in [0.5, 0.6) is 23.1 Å². The molecule has 0 unspecified atom stereocenters. The molecule has 1 aliphatic heterocycles. The highest BCUT2D eigenvalue weighted by atomic mass is 32.1. The van der Waals surface area contributed by atoms with Crippen molar-refractivity contribution in [1.82, 2.24) is 4.98 Å². The van der Waals surface area contributed by atoms with Crippen LogP contribution in [0.2, 0.25) is 0 Å². The summed E-state index contributed by atoms with van der Waals surface area (Å²) in [5.41, 5.74) is -0.862. The molecule has 0 amide bonds. The van der Waals surface area contributed by atoms with Crippen molar-refractivity contribution in [2.24, 2.45) is 0 Å². The number of thiophene rings is 1. The van der Waals surface area contributed by atoms with Crippen molar-refractivity contribution >= 4 is 11.3 Å². The molecule has 3 nitrogen and oxygen atoms in total. The Hall–Kier alpha value is -1.76. The second-order valence-electron chi connectivity index (χ2n) is 3.33. The van der Waals surface area contributed by atoms with Crippen molar-refractivity contribution in [2.45, 2.75) is 6.18 Å². The van der Waals surface area contributed by atoms with Crippen LogP contribution in [0.25, 0.3) is 0 Å². The van der Waals surface area contributed by atoms with Crippen molar-refractivity contribution in [2.75, 3.05) is 0 Å². The number of pyridine rings is 1. The van der Waals surface area contributed by atoms with Gasteiger partial charge in [-0.2, -0.15) is 13.2 Å². The summed E-state index contributed by atoms with van der Waals surface area (Å²) in [4.78, 5) is 3.60. The maximum Gasteiger partial charge on any atom is 0.418 e. The molecule has 0 atom stereocenters. The first kappa shape index (κ1) is 10.4. The van der Waals surface area contributed by atoms with Crippen LogP contribution in [0.3, 0.4) is 0 Å². The fourth-order valence-corrected chi connectivity index (χ4v) is 2.03. The van der Waals surface area contributed by atoms with E-state index in [0.717, 1.165) is 12.3 Å². The van der Waals surface area contributed by atoms with Gasteiger partial charge in [0, 0.05) is 23.0 Å². The fourth-order valence-electron chi connectivity index (χ4n) is 1.38. The van der Waals surface area contributed by atoms with E-state index in [9.17, 15) is 13.2 Å². The molecular formula is C10H4F3NO2S. The summed E-state index contributed by atoms with van der Waals surface area (Å²) in [5.74, 6) is 0.896. The summed E-state index contributed by atoms with van der Waals surface area (Å²) >= 11 is 1.34. The summed E-state index contributed by atoms with van der Waals surface area (Å²) < 4.78 is 47.9. The first-order valence-corrected chi connectivity index (χ1v) is 5.47. The molecule has 0 N–H and O–H groups in total. The van der Waals surface area contributed by atoms with Crippen LogP contribution in [0, 0.1) is 0 Å². The van der Waals surface area contributed by atoms with E-state index in [1.807, 2.05) is 0 Å². The third kappa shape index (κ3) is 1.72. The van der Waals surface area contributed by atoms with Gasteiger partial charge in [-0.3, -0.25) is 0 Å². The number of nitrogens with zero attached hydrogens (tertiary/aromatic N) is 1. The Morgan fingerprint density at radius 2 is 1.76 bits per heavy atom. The molecule has 0 aliphatic carbocycles. The van der Waals surface area contributed by atoms with E-state index in [-0.39, 0.29) is 11.6 Å². The molecule has 7 heteroatoms. The zero-order chi connectivity index (χ0) is 12.0. The highest BCUT2D eigenvalue weighted by Crippen LogP contribution is 2.47. The lowest BCUT2D eigenvalue weighted by Crippen LogP contribution is -2.07. The minimum atomic E-state index is -4.44. The minimum Gasteiger partial charge on any atom is -0.447 e. The Morgan fingerprint density at radius 3 is 2.47 bits per heavy atom. The standard InChI is InChI=1S/C10H4F3NO2S/c11-10(12,13)5-1-6-9(14-2-5)16-8-4-17-3-7(8)15-6/h1-4H. The van der Waals surface area contributed by atoms with Gasteiger partial charge in [-0.05, 0) is 0 Å². The molecule has 0 saturated heterocycles. The van der Waals surface area contributed by atoms with Crippen LogP contribution >= 0.6 is 11.3 Å². The number of ether oxygens (including phenoxy) is 2. The van der Waals surface area contributed by atoms with Crippen LogP contribution in [0.1, 0.15) is 5.56 Å². The fraction of sp³-hybridized carbons (Fsp3) is 0.100. The number of fused-ring (bicyclic) bond motifs is 2. The maximum atomic E-state index is 12.5. The molecule has 0 fully saturated rings. The summed E-state index contributed by atoms with van der Waals surface area (Å²) in [6, 6.07) is 0.878. The predicted octanol–water partition coefficient (Wildman–Crippen LogP) is 4.06. The van der Waals surface area contributed by atoms with E-state index in [1.165, 1.54) is 11.3 Å². The Labute approximate surface area is 97.4 Å². The lowest BCUT2D eigenvalue weighted by atomic mass is 10.2.